The predicted octanol–water partition coefficient (Wildman–Crippen LogP) is 8.92. The minimum absolute atomic E-state index is 0.338. The molecular formula is C45H52O8. The maximum Gasteiger partial charge on any atom is 0.313 e. The third-order valence-electron chi connectivity index (χ3n) is 9.66. The van der Waals surface area contributed by atoms with E-state index in [0.717, 1.165) is 22.3 Å². The summed E-state index contributed by atoms with van der Waals surface area (Å²) < 4.78 is 24.1. The minimum Gasteiger partial charge on any atom is -0.464 e. The van der Waals surface area contributed by atoms with E-state index in [-0.39, 0.29) is 26.4 Å². The smallest absolute Gasteiger partial charge is 0.313 e. The summed E-state index contributed by atoms with van der Waals surface area (Å²) in [4.78, 5) is 54.8. The Hall–Kier alpha value is -5.24. The van der Waals surface area contributed by atoms with Crippen molar-refractivity contribution < 1.29 is 38.1 Å². The molecule has 0 fully saturated rings. The molecule has 8 heteroatoms. The fraction of sp³-hybridized carbons (Fsp3) is 0.378. The lowest BCUT2D eigenvalue weighted by molar-refractivity contribution is -0.172. The average molecular weight is 721 g/mol. The van der Waals surface area contributed by atoms with E-state index >= 15 is 0 Å². The molecule has 0 aromatic heterocycles. The van der Waals surface area contributed by atoms with Crippen LogP contribution in [-0.4, -0.2) is 50.3 Å². The Bertz CT molecular complexity index is 1450. The molecule has 0 aliphatic heterocycles. The lowest BCUT2D eigenvalue weighted by Gasteiger charge is -2.33. The van der Waals surface area contributed by atoms with E-state index in [1.807, 2.05) is 149 Å². The van der Waals surface area contributed by atoms with Gasteiger partial charge in [-0.3, -0.25) is 19.2 Å². The van der Waals surface area contributed by atoms with Crippen molar-refractivity contribution in [3.8, 4) is 0 Å². The predicted molar refractivity (Wildman–Crippen MR) is 204 cm³/mol. The summed E-state index contributed by atoms with van der Waals surface area (Å²) in [7, 11) is 0. The molecular weight excluding hydrogens is 668 g/mol. The van der Waals surface area contributed by atoms with Crippen molar-refractivity contribution in [1.82, 2.24) is 0 Å². The van der Waals surface area contributed by atoms with E-state index < -0.39 is 53.0 Å². The highest BCUT2D eigenvalue weighted by Crippen LogP contribution is 2.30. The first-order valence-corrected chi connectivity index (χ1v) is 18.6. The van der Waals surface area contributed by atoms with Crippen molar-refractivity contribution in [1.29, 1.82) is 0 Å². The zero-order valence-corrected chi connectivity index (χ0v) is 31.3. The second kappa shape index (κ2) is 20.7. The van der Waals surface area contributed by atoms with Crippen LogP contribution in [0.1, 0.15) is 99.3 Å². The Morgan fingerprint density at radius 1 is 0.377 bits per heavy atom. The first-order valence-electron chi connectivity index (χ1n) is 18.6. The fourth-order valence-corrected chi connectivity index (χ4v) is 6.44. The molecule has 0 unspecified atom stereocenters. The number of carbonyl (C=O) groups excluding carboxylic acids is 4. The average Bonchev–Trinajstić information content (AvgIpc) is 3.20. The Kier molecular flexibility index (Phi) is 15.8. The van der Waals surface area contributed by atoms with Gasteiger partial charge < -0.3 is 18.9 Å². The SMILES string of the molecule is CC[C@H](C(=O)OCC(COC(=O)[C@@H](CC)c1ccccc1)(COC(=O)[C@@H](CC)c1ccccc1)COC(=O)[C@@H](CC)c1ccccc1)c1ccccc1. The second-order valence-corrected chi connectivity index (χ2v) is 13.4. The van der Waals surface area contributed by atoms with Gasteiger partial charge in [0, 0.05) is 0 Å². The number of hydrogen-bond donors (Lipinski definition) is 0. The monoisotopic (exact) mass is 720 g/mol. The normalized spacial score (nSPS) is 13.5. The quantitative estimate of drug-likeness (QED) is 0.0659. The van der Waals surface area contributed by atoms with Crippen LogP contribution < -0.4 is 0 Å². The van der Waals surface area contributed by atoms with Gasteiger partial charge in [0.25, 0.3) is 0 Å². The van der Waals surface area contributed by atoms with Crippen LogP contribution in [0.4, 0.5) is 0 Å². The maximum absolute atomic E-state index is 13.7. The van der Waals surface area contributed by atoms with Gasteiger partial charge >= 0.3 is 23.9 Å². The summed E-state index contributed by atoms with van der Waals surface area (Å²) in [6.07, 6.45) is 1.92. The van der Waals surface area contributed by atoms with Gasteiger partial charge in [-0.1, -0.05) is 149 Å². The van der Waals surface area contributed by atoms with E-state index in [1.54, 1.807) is 0 Å². The number of esters is 4. The molecule has 0 spiro atoms. The van der Waals surface area contributed by atoms with E-state index in [0.29, 0.717) is 25.7 Å². The molecule has 0 heterocycles. The lowest BCUT2D eigenvalue weighted by atomic mass is 9.90. The molecule has 4 aromatic rings. The van der Waals surface area contributed by atoms with Crippen LogP contribution in [0.25, 0.3) is 0 Å². The molecule has 53 heavy (non-hydrogen) atoms. The van der Waals surface area contributed by atoms with E-state index in [9.17, 15) is 19.2 Å². The van der Waals surface area contributed by atoms with Crippen LogP contribution in [0.2, 0.25) is 0 Å². The number of rotatable bonds is 20. The lowest BCUT2D eigenvalue weighted by Crippen LogP contribution is -2.45. The van der Waals surface area contributed by atoms with Gasteiger partial charge in [0.15, 0.2) is 0 Å². The summed E-state index contributed by atoms with van der Waals surface area (Å²) in [6.45, 7) is 6.24. The molecule has 0 aliphatic rings. The Balaban J connectivity index is 1.67. The molecule has 0 amide bonds. The topological polar surface area (TPSA) is 105 Å². The van der Waals surface area contributed by atoms with Gasteiger partial charge in [0.05, 0.1) is 23.7 Å². The standard InChI is InChI=1S/C45H52O8/c1-5-37(33-21-13-9-14-22-33)41(46)50-29-45(30-51-42(47)38(6-2)34-23-15-10-16-24-34,31-52-43(48)39(7-3)35-25-17-11-18-26-35)32-53-44(49)40(8-4)36-27-19-12-20-28-36/h9-28,37-40H,5-8,29-32H2,1-4H3/t37-,38-,39-,40-/m0/s1. The van der Waals surface area contributed by atoms with Gasteiger partial charge in [0.1, 0.15) is 31.8 Å². The number of carbonyl (C=O) groups is 4. The molecule has 0 saturated heterocycles. The van der Waals surface area contributed by atoms with Gasteiger partial charge in [-0.05, 0) is 47.9 Å². The van der Waals surface area contributed by atoms with Crippen molar-refractivity contribution in [2.24, 2.45) is 5.41 Å². The summed E-state index contributed by atoms with van der Waals surface area (Å²) in [5.74, 6) is -4.21. The molecule has 4 aromatic carbocycles. The first kappa shape index (κ1) is 40.5. The molecule has 280 valence electrons. The summed E-state index contributed by atoms with van der Waals surface area (Å²) in [6, 6.07) is 37.3. The highest BCUT2D eigenvalue weighted by molar-refractivity contribution is 5.80. The molecule has 0 bridgehead atoms. The first-order chi connectivity index (χ1) is 25.8. The van der Waals surface area contributed by atoms with Crippen LogP contribution in [0.3, 0.4) is 0 Å². The van der Waals surface area contributed by atoms with Crippen LogP contribution in [-0.2, 0) is 38.1 Å². The van der Waals surface area contributed by atoms with Crippen molar-refractivity contribution in [3.05, 3.63) is 144 Å². The minimum atomic E-state index is -1.43. The number of benzene rings is 4. The van der Waals surface area contributed by atoms with E-state index in [4.69, 9.17) is 18.9 Å². The molecule has 0 saturated carbocycles. The number of ether oxygens (including phenoxy) is 4. The molecule has 4 rings (SSSR count). The van der Waals surface area contributed by atoms with Crippen molar-refractivity contribution in [3.63, 3.8) is 0 Å². The molecule has 0 radical (unpaired) electrons. The Morgan fingerprint density at radius 2 is 0.566 bits per heavy atom. The highest BCUT2D eigenvalue weighted by Gasteiger charge is 2.40. The fourth-order valence-electron chi connectivity index (χ4n) is 6.44. The van der Waals surface area contributed by atoms with Crippen molar-refractivity contribution in [2.75, 3.05) is 26.4 Å². The van der Waals surface area contributed by atoms with E-state index in [1.165, 1.54) is 0 Å². The summed E-state index contributed by atoms with van der Waals surface area (Å²) in [5, 5.41) is 0. The Morgan fingerprint density at radius 3 is 0.736 bits per heavy atom. The highest BCUT2D eigenvalue weighted by atomic mass is 16.6. The zero-order valence-electron chi connectivity index (χ0n) is 31.3. The van der Waals surface area contributed by atoms with Crippen LogP contribution >= 0.6 is 0 Å². The molecule has 0 aliphatic carbocycles. The largest absolute Gasteiger partial charge is 0.464 e. The molecule has 0 N–H and O–H groups in total. The summed E-state index contributed by atoms with van der Waals surface area (Å²) >= 11 is 0. The maximum atomic E-state index is 13.7. The second-order valence-electron chi connectivity index (χ2n) is 13.4. The van der Waals surface area contributed by atoms with Crippen LogP contribution in [0, 0.1) is 5.41 Å². The van der Waals surface area contributed by atoms with Gasteiger partial charge in [0.2, 0.25) is 0 Å². The van der Waals surface area contributed by atoms with Crippen molar-refractivity contribution in [2.45, 2.75) is 77.0 Å². The van der Waals surface area contributed by atoms with Crippen LogP contribution in [0.15, 0.2) is 121 Å². The molecule has 4 atom stereocenters. The number of hydrogen-bond acceptors (Lipinski definition) is 8. The van der Waals surface area contributed by atoms with Gasteiger partial charge in [-0.15, -0.1) is 0 Å². The molecule has 8 nitrogen and oxygen atoms in total. The van der Waals surface area contributed by atoms with E-state index in [2.05, 4.69) is 0 Å². The van der Waals surface area contributed by atoms with Crippen molar-refractivity contribution >= 4 is 23.9 Å². The third-order valence-corrected chi connectivity index (χ3v) is 9.66. The van der Waals surface area contributed by atoms with Gasteiger partial charge in [-0.2, -0.15) is 0 Å². The van der Waals surface area contributed by atoms with Gasteiger partial charge in [-0.25, -0.2) is 0 Å². The third kappa shape index (κ3) is 11.4. The summed E-state index contributed by atoms with van der Waals surface area (Å²) in [5.41, 5.74) is 1.76. The zero-order chi connectivity index (χ0) is 38.1. The van der Waals surface area contributed by atoms with Crippen LogP contribution in [0.5, 0.6) is 0 Å². The Labute approximate surface area is 313 Å².